The number of fused-ring (bicyclic) bond motifs is 1. The number of rotatable bonds is 2. The quantitative estimate of drug-likeness (QED) is 0.532. The minimum atomic E-state index is -0.447. The number of hydrogen-bond donors (Lipinski definition) is 0. The van der Waals surface area contributed by atoms with Crippen LogP contribution in [0.1, 0.15) is 0 Å². The van der Waals surface area contributed by atoms with Gasteiger partial charge in [0.25, 0.3) is 0 Å². The molecule has 90 valence electrons. The van der Waals surface area contributed by atoms with Crippen LogP contribution in [-0.4, -0.2) is 24.7 Å². The molecule has 0 N–H and O–H groups in total. The summed E-state index contributed by atoms with van der Waals surface area (Å²) < 4.78 is 1.46. The molecule has 0 aliphatic carbocycles. The number of nitro groups is 1. The van der Waals surface area contributed by atoms with Gasteiger partial charge in [0.15, 0.2) is 11.5 Å². The molecule has 0 aliphatic rings. The number of aromatic nitrogens is 4. The summed E-state index contributed by atoms with van der Waals surface area (Å²) in [5.41, 5.74) is 0.533. The smallest absolute Gasteiger partial charge is 0.258 e. The highest BCUT2D eigenvalue weighted by Crippen LogP contribution is 2.31. The predicted molar refractivity (Wildman–Crippen MR) is 65.8 cm³/mol. The van der Waals surface area contributed by atoms with Gasteiger partial charge in [0.1, 0.15) is 5.15 Å². The fourth-order valence-electron chi connectivity index (χ4n) is 1.47. The summed E-state index contributed by atoms with van der Waals surface area (Å²) in [4.78, 5) is 10.8. The molecule has 0 saturated carbocycles. The van der Waals surface area contributed by atoms with Crippen LogP contribution in [-0.2, 0) is 0 Å². The first-order chi connectivity index (χ1) is 8.65. The molecule has 0 aromatic carbocycles. The Morgan fingerprint density at radius 2 is 2.11 bits per heavy atom. The Balaban J connectivity index is 2.18. The summed E-state index contributed by atoms with van der Waals surface area (Å²) in [6.07, 6.45) is 0. The van der Waals surface area contributed by atoms with Crippen LogP contribution in [0, 0.1) is 10.1 Å². The molecule has 3 heterocycles. The summed E-state index contributed by atoms with van der Waals surface area (Å²) in [5.74, 6) is 0.436. The van der Waals surface area contributed by atoms with E-state index >= 15 is 0 Å². The first kappa shape index (κ1) is 11.1. The molecule has 0 fully saturated rings. The molecule has 3 aromatic rings. The third-order valence-corrected chi connectivity index (χ3v) is 3.46. The monoisotopic (exact) mass is 281 g/mol. The SMILES string of the molecule is O=[N+]([O-])c1ccc(-c2nnc3ccc(Cl)nn23)s1. The number of nitrogens with zero attached hydrogens (tertiary/aromatic N) is 5. The molecule has 0 atom stereocenters. The first-order valence-corrected chi connectivity index (χ1v) is 5.97. The van der Waals surface area contributed by atoms with E-state index in [4.69, 9.17) is 11.6 Å². The summed E-state index contributed by atoms with van der Waals surface area (Å²) in [6.45, 7) is 0. The van der Waals surface area contributed by atoms with Crippen molar-refractivity contribution in [3.8, 4) is 10.7 Å². The van der Waals surface area contributed by atoms with Crippen LogP contribution in [0.2, 0.25) is 5.15 Å². The van der Waals surface area contributed by atoms with E-state index in [1.165, 1.54) is 10.6 Å². The Bertz CT molecular complexity index is 752. The Hall–Kier alpha value is -2.06. The minimum absolute atomic E-state index is 0.0452. The van der Waals surface area contributed by atoms with Crippen molar-refractivity contribution in [2.75, 3.05) is 0 Å². The normalized spacial score (nSPS) is 10.9. The third kappa shape index (κ3) is 1.71. The zero-order valence-corrected chi connectivity index (χ0v) is 10.2. The topological polar surface area (TPSA) is 86.2 Å². The van der Waals surface area contributed by atoms with Crippen molar-refractivity contribution in [3.63, 3.8) is 0 Å². The van der Waals surface area contributed by atoms with Crippen LogP contribution < -0.4 is 0 Å². The molecule has 3 rings (SSSR count). The number of hydrogen-bond acceptors (Lipinski definition) is 6. The number of halogens is 1. The highest BCUT2D eigenvalue weighted by Gasteiger charge is 2.16. The van der Waals surface area contributed by atoms with Gasteiger partial charge >= 0.3 is 5.00 Å². The number of thiophene rings is 1. The summed E-state index contributed by atoms with van der Waals surface area (Å²) >= 11 is 6.81. The van der Waals surface area contributed by atoms with E-state index in [0.717, 1.165) is 11.3 Å². The second-order valence-electron chi connectivity index (χ2n) is 3.34. The average Bonchev–Trinajstić information content (AvgIpc) is 2.93. The molecular formula is C9H4ClN5O2S. The van der Waals surface area contributed by atoms with E-state index in [2.05, 4.69) is 15.3 Å². The largest absolute Gasteiger partial charge is 0.324 e. The fraction of sp³-hybridized carbons (Fsp3) is 0. The maximum Gasteiger partial charge on any atom is 0.324 e. The van der Waals surface area contributed by atoms with Gasteiger partial charge in [0.05, 0.1) is 9.80 Å². The standard InChI is InChI=1S/C9H4ClN5O2S/c10-6-2-3-7-11-12-9(14(7)13-6)5-1-4-8(18-5)15(16)17/h1-4H. The Morgan fingerprint density at radius 1 is 1.28 bits per heavy atom. The second kappa shape index (κ2) is 4.00. The van der Waals surface area contributed by atoms with Crippen molar-refractivity contribution in [2.24, 2.45) is 0 Å². The Morgan fingerprint density at radius 3 is 2.83 bits per heavy atom. The van der Waals surface area contributed by atoms with Gasteiger partial charge in [-0.05, 0) is 18.2 Å². The van der Waals surface area contributed by atoms with Crippen LogP contribution in [0.5, 0.6) is 0 Å². The minimum Gasteiger partial charge on any atom is -0.258 e. The highest BCUT2D eigenvalue weighted by molar-refractivity contribution is 7.18. The van der Waals surface area contributed by atoms with Gasteiger partial charge in [0.2, 0.25) is 0 Å². The van der Waals surface area contributed by atoms with Gasteiger partial charge in [-0.15, -0.1) is 10.2 Å². The van der Waals surface area contributed by atoms with Crippen molar-refractivity contribution in [3.05, 3.63) is 39.5 Å². The molecule has 0 amide bonds. The fourth-order valence-corrected chi connectivity index (χ4v) is 2.40. The molecule has 9 heteroatoms. The molecule has 0 bridgehead atoms. The summed E-state index contributed by atoms with van der Waals surface area (Å²) in [7, 11) is 0. The summed E-state index contributed by atoms with van der Waals surface area (Å²) in [5, 5.41) is 22.9. The van der Waals surface area contributed by atoms with Crippen LogP contribution >= 0.6 is 22.9 Å². The van der Waals surface area contributed by atoms with E-state index in [0.29, 0.717) is 21.5 Å². The lowest BCUT2D eigenvalue weighted by Gasteiger charge is -1.95. The van der Waals surface area contributed by atoms with Gasteiger partial charge < -0.3 is 0 Å². The molecule has 0 saturated heterocycles. The van der Waals surface area contributed by atoms with E-state index < -0.39 is 4.92 Å². The second-order valence-corrected chi connectivity index (χ2v) is 4.79. The maximum absolute atomic E-state index is 10.6. The van der Waals surface area contributed by atoms with Crippen LogP contribution in [0.4, 0.5) is 5.00 Å². The Kier molecular flexibility index (Phi) is 2.46. The predicted octanol–water partition coefficient (Wildman–Crippen LogP) is 2.41. The van der Waals surface area contributed by atoms with Gasteiger partial charge in [-0.25, -0.2) is 0 Å². The van der Waals surface area contributed by atoms with Gasteiger partial charge in [0, 0.05) is 6.07 Å². The Labute approximate surface area is 109 Å². The van der Waals surface area contributed by atoms with Gasteiger partial charge in [-0.1, -0.05) is 22.9 Å². The maximum atomic E-state index is 10.6. The molecule has 0 radical (unpaired) electrons. The lowest BCUT2D eigenvalue weighted by atomic mass is 10.4. The van der Waals surface area contributed by atoms with Crippen molar-refractivity contribution in [1.82, 2.24) is 19.8 Å². The zero-order valence-electron chi connectivity index (χ0n) is 8.65. The molecule has 3 aromatic heterocycles. The van der Waals surface area contributed by atoms with Gasteiger partial charge in [-0.3, -0.25) is 10.1 Å². The van der Waals surface area contributed by atoms with Crippen molar-refractivity contribution in [1.29, 1.82) is 0 Å². The lowest BCUT2D eigenvalue weighted by Crippen LogP contribution is -1.93. The first-order valence-electron chi connectivity index (χ1n) is 4.78. The van der Waals surface area contributed by atoms with E-state index in [-0.39, 0.29) is 5.00 Å². The molecule has 7 nitrogen and oxygen atoms in total. The highest BCUT2D eigenvalue weighted by atomic mass is 35.5. The summed E-state index contributed by atoms with van der Waals surface area (Å²) in [6, 6.07) is 6.31. The molecule has 18 heavy (non-hydrogen) atoms. The third-order valence-electron chi connectivity index (χ3n) is 2.22. The molecule has 0 spiro atoms. The van der Waals surface area contributed by atoms with Crippen molar-refractivity contribution < 1.29 is 4.92 Å². The van der Waals surface area contributed by atoms with Gasteiger partial charge in [-0.2, -0.15) is 9.61 Å². The molecular weight excluding hydrogens is 278 g/mol. The van der Waals surface area contributed by atoms with Crippen molar-refractivity contribution >= 4 is 33.6 Å². The average molecular weight is 282 g/mol. The van der Waals surface area contributed by atoms with Crippen LogP contribution in [0.15, 0.2) is 24.3 Å². The van der Waals surface area contributed by atoms with E-state index in [1.807, 2.05) is 0 Å². The van der Waals surface area contributed by atoms with Crippen LogP contribution in [0.25, 0.3) is 16.3 Å². The van der Waals surface area contributed by atoms with E-state index in [1.54, 1.807) is 18.2 Å². The lowest BCUT2D eigenvalue weighted by molar-refractivity contribution is -0.380. The molecule has 0 unspecified atom stereocenters. The van der Waals surface area contributed by atoms with E-state index in [9.17, 15) is 10.1 Å². The van der Waals surface area contributed by atoms with Crippen molar-refractivity contribution in [2.45, 2.75) is 0 Å². The zero-order chi connectivity index (χ0) is 12.7. The molecule has 0 aliphatic heterocycles. The van der Waals surface area contributed by atoms with Crippen LogP contribution in [0.3, 0.4) is 0 Å².